The average molecular weight is 293 g/mol. The molecule has 2 aromatic rings. The molecule has 0 radical (unpaired) electrons. The Balaban J connectivity index is 2.02. The van der Waals surface area contributed by atoms with Crippen LogP contribution in [0.1, 0.15) is 6.42 Å². The SMILES string of the molecule is Fc1ccc(N(c2cnccn2)C2CCNC2)cc1Cl. The highest BCUT2D eigenvalue weighted by Gasteiger charge is 2.25. The molecule has 1 fully saturated rings. The maximum atomic E-state index is 13.4. The Morgan fingerprint density at radius 3 is 2.90 bits per heavy atom. The van der Waals surface area contributed by atoms with E-state index < -0.39 is 5.82 Å². The summed E-state index contributed by atoms with van der Waals surface area (Å²) < 4.78 is 13.4. The van der Waals surface area contributed by atoms with Gasteiger partial charge < -0.3 is 10.2 Å². The van der Waals surface area contributed by atoms with Crippen molar-refractivity contribution in [2.24, 2.45) is 0 Å². The van der Waals surface area contributed by atoms with Crippen molar-refractivity contribution in [2.75, 3.05) is 18.0 Å². The third kappa shape index (κ3) is 2.59. The van der Waals surface area contributed by atoms with Crippen LogP contribution in [0, 0.1) is 5.82 Å². The van der Waals surface area contributed by atoms with Gasteiger partial charge in [-0.25, -0.2) is 9.37 Å². The van der Waals surface area contributed by atoms with Crippen molar-refractivity contribution < 1.29 is 4.39 Å². The summed E-state index contributed by atoms with van der Waals surface area (Å²) in [5, 5.41) is 3.43. The Morgan fingerprint density at radius 1 is 1.35 bits per heavy atom. The lowest BCUT2D eigenvalue weighted by molar-refractivity contribution is 0.627. The number of rotatable bonds is 3. The molecule has 1 aliphatic rings. The Hall–Kier alpha value is -1.72. The molecule has 0 saturated carbocycles. The van der Waals surface area contributed by atoms with Crippen LogP contribution < -0.4 is 10.2 Å². The molecule has 0 amide bonds. The Labute approximate surface area is 121 Å². The fourth-order valence-electron chi connectivity index (χ4n) is 2.44. The molecule has 104 valence electrons. The van der Waals surface area contributed by atoms with Crippen LogP contribution in [0.4, 0.5) is 15.9 Å². The molecule has 1 aromatic heterocycles. The van der Waals surface area contributed by atoms with Gasteiger partial charge in [0.1, 0.15) is 5.82 Å². The third-order valence-electron chi connectivity index (χ3n) is 3.38. The number of anilines is 2. The second-order valence-electron chi connectivity index (χ2n) is 4.68. The van der Waals surface area contributed by atoms with E-state index in [1.807, 2.05) is 0 Å². The molecule has 0 aliphatic carbocycles. The van der Waals surface area contributed by atoms with Crippen LogP contribution in [0.3, 0.4) is 0 Å². The summed E-state index contributed by atoms with van der Waals surface area (Å²) in [6.45, 7) is 1.81. The number of hydrogen-bond acceptors (Lipinski definition) is 4. The minimum atomic E-state index is -0.418. The molecular formula is C14H14ClFN4. The molecular weight excluding hydrogens is 279 g/mol. The predicted octanol–water partition coefficient (Wildman–Crippen LogP) is 2.77. The van der Waals surface area contributed by atoms with E-state index in [2.05, 4.69) is 20.2 Å². The van der Waals surface area contributed by atoms with Crippen molar-refractivity contribution in [3.63, 3.8) is 0 Å². The zero-order chi connectivity index (χ0) is 13.9. The van der Waals surface area contributed by atoms with Crippen LogP contribution in [-0.2, 0) is 0 Å². The van der Waals surface area contributed by atoms with Gasteiger partial charge in [-0.1, -0.05) is 11.6 Å². The average Bonchev–Trinajstić information content (AvgIpc) is 2.98. The van der Waals surface area contributed by atoms with E-state index in [-0.39, 0.29) is 11.1 Å². The van der Waals surface area contributed by atoms with Gasteiger partial charge in [0.15, 0.2) is 5.82 Å². The fraction of sp³-hybridized carbons (Fsp3) is 0.286. The molecule has 1 saturated heterocycles. The van der Waals surface area contributed by atoms with Gasteiger partial charge >= 0.3 is 0 Å². The first kappa shape index (κ1) is 13.3. The Kier molecular flexibility index (Phi) is 3.80. The zero-order valence-electron chi connectivity index (χ0n) is 10.8. The molecule has 1 N–H and O–H groups in total. The summed E-state index contributed by atoms with van der Waals surface area (Å²) in [4.78, 5) is 10.5. The van der Waals surface area contributed by atoms with E-state index >= 15 is 0 Å². The lowest BCUT2D eigenvalue weighted by Gasteiger charge is -2.29. The molecule has 4 nitrogen and oxygen atoms in total. The van der Waals surface area contributed by atoms with Gasteiger partial charge in [0.05, 0.1) is 11.2 Å². The minimum Gasteiger partial charge on any atom is -0.321 e. The van der Waals surface area contributed by atoms with Crippen molar-refractivity contribution >= 4 is 23.1 Å². The third-order valence-corrected chi connectivity index (χ3v) is 3.67. The normalized spacial score (nSPS) is 18.2. The minimum absolute atomic E-state index is 0.113. The van der Waals surface area contributed by atoms with Crippen molar-refractivity contribution in [2.45, 2.75) is 12.5 Å². The molecule has 2 heterocycles. The van der Waals surface area contributed by atoms with Crippen LogP contribution in [0.15, 0.2) is 36.8 Å². The van der Waals surface area contributed by atoms with E-state index in [1.54, 1.807) is 30.7 Å². The highest BCUT2D eigenvalue weighted by Crippen LogP contribution is 2.30. The van der Waals surface area contributed by atoms with Crippen LogP contribution in [0.5, 0.6) is 0 Å². The Morgan fingerprint density at radius 2 is 2.25 bits per heavy atom. The summed E-state index contributed by atoms with van der Waals surface area (Å²) in [7, 11) is 0. The monoisotopic (exact) mass is 292 g/mol. The smallest absolute Gasteiger partial charge is 0.151 e. The highest BCUT2D eigenvalue weighted by molar-refractivity contribution is 6.31. The summed E-state index contributed by atoms with van der Waals surface area (Å²) in [6.07, 6.45) is 5.98. The lowest BCUT2D eigenvalue weighted by Crippen LogP contribution is -2.33. The number of halogens is 2. The van der Waals surface area contributed by atoms with Gasteiger partial charge in [0.25, 0.3) is 0 Å². The lowest BCUT2D eigenvalue weighted by atomic mass is 10.2. The van der Waals surface area contributed by atoms with Gasteiger partial charge in [-0.2, -0.15) is 0 Å². The van der Waals surface area contributed by atoms with Gasteiger partial charge in [-0.05, 0) is 31.2 Å². The molecule has 1 aliphatic heterocycles. The first-order valence-electron chi connectivity index (χ1n) is 6.47. The quantitative estimate of drug-likeness (QED) is 0.944. The van der Waals surface area contributed by atoms with E-state index in [1.165, 1.54) is 6.07 Å². The Bertz CT molecular complexity index is 587. The fourth-order valence-corrected chi connectivity index (χ4v) is 2.62. The molecule has 20 heavy (non-hydrogen) atoms. The van der Waals surface area contributed by atoms with Crippen molar-refractivity contribution in [1.82, 2.24) is 15.3 Å². The largest absolute Gasteiger partial charge is 0.321 e. The molecule has 1 atom stereocenters. The number of nitrogens with one attached hydrogen (secondary N) is 1. The van der Waals surface area contributed by atoms with Gasteiger partial charge in [-0.15, -0.1) is 0 Å². The molecule has 6 heteroatoms. The molecule has 0 spiro atoms. The predicted molar refractivity (Wildman–Crippen MR) is 76.9 cm³/mol. The second kappa shape index (κ2) is 5.73. The van der Waals surface area contributed by atoms with Crippen LogP contribution in [-0.4, -0.2) is 29.1 Å². The topological polar surface area (TPSA) is 41.1 Å². The number of hydrogen-bond donors (Lipinski definition) is 1. The van der Waals surface area contributed by atoms with E-state index in [0.717, 1.165) is 31.0 Å². The van der Waals surface area contributed by atoms with Crippen LogP contribution in [0.25, 0.3) is 0 Å². The molecule has 0 bridgehead atoms. The number of benzene rings is 1. The maximum absolute atomic E-state index is 13.4. The molecule has 1 unspecified atom stereocenters. The van der Waals surface area contributed by atoms with E-state index in [0.29, 0.717) is 0 Å². The summed E-state index contributed by atoms with van der Waals surface area (Å²) in [5.74, 6) is 0.322. The van der Waals surface area contributed by atoms with Crippen LogP contribution >= 0.6 is 11.6 Å². The number of aromatic nitrogens is 2. The van der Waals surface area contributed by atoms with Crippen molar-refractivity contribution in [3.8, 4) is 0 Å². The van der Waals surface area contributed by atoms with Gasteiger partial charge in [0.2, 0.25) is 0 Å². The van der Waals surface area contributed by atoms with Crippen molar-refractivity contribution in [3.05, 3.63) is 47.6 Å². The summed E-state index contributed by atoms with van der Waals surface area (Å²) >= 11 is 5.90. The summed E-state index contributed by atoms with van der Waals surface area (Å²) in [5.41, 5.74) is 0.825. The van der Waals surface area contributed by atoms with Gasteiger partial charge in [-0.3, -0.25) is 4.98 Å². The van der Waals surface area contributed by atoms with Crippen LogP contribution in [0.2, 0.25) is 5.02 Å². The second-order valence-corrected chi connectivity index (χ2v) is 5.09. The number of nitrogens with zero attached hydrogens (tertiary/aromatic N) is 3. The first-order chi connectivity index (χ1) is 9.75. The zero-order valence-corrected chi connectivity index (χ0v) is 11.5. The van der Waals surface area contributed by atoms with Gasteiger partial charge in [0, 0.05) is 30.7 Å². The molecule has 3 rings (SSSR count). The summed E-state index contributed by atoms with van der Waals surface area (Å²) in [6, 6.07) is 4.98. The van der Waals surface area contributed by atoms with Crippen molar-refractivity contribution in [1.29, 1.82) is 0 Å². The molecule has 1 aromatic carbocycles. The van der Waals surface area contributed by atoms with E-state index in [9.17, 15) is 4.39 Å². The van der Waals surface area contributed by atoms with E-state index in [4.69, 9.17) is 11.6 Å². The maximum Gasteiger partial charge on any atom is 0.151 e. The highest BCUT2D eigenvalue weighted by atomic mass is 35.5. The standard InChI is InChI=1S/C14H14ClFN4/c15-12-7-10(1-2-13(12)16)20(11-3-4-17-8-11)14-9-18-5-6-19-14/h1-2,5-7,9,11,17H,3-4,8H2. The first-order valence-corrected chi connectivity index (χ1v) is 6.84.